The van der Waals surface area contributed by atoms with E-state index in [2.05, 4.69) is 27.6 Å². The Kier molecular flexibility index (Phi) is 4.10. The second-order valence-electron chi connectivity index (χ2n) is 6.79. The molecule has 1 saturated heterocycles. The molecule has 24 heavy (non-hydrogen) atoms. The third-order valence-corrected chi connectivity index (χ3v) is 5.45. The van der Waals surface area contributed by atoms with Gasteiger partial charge in [0.1, 0.15) is 0 Å². The number of benzene rings is 1. The maximum atomic E-state index is 13.3. The van der Waals surface area contributed by atoms with Crippen molar-refractivity contribution < 1.29 is 9.53 Å². The third kappa shape index (κ3) is 2.63. The van der Waals surface area contributed by atoms with Crippen molar-refractivity contribution >= 4 is 5.91 Å². The number of fused-ring (bicyclic) bond motifs is 1. The molecule has 2 aliphatic rings. The molecule has 0 saturated carbocycles. The van der Waals surface area contributed by atoms with Crippen LogP contribution in [0.25, 0.3) is 0 Å². The molecule has 0 spiro atoms. The number of amides is 1. The maximum Gasteiger partial charge on any atom is 0.231 e. The summed E-state index contributed by atoms with van der Waals surface area (Å²) in [5.41, 5.74) is 2.90. The van der Waals surface area contributed by atoms with Crippen molar-refractivity contribution in [3.63, 3.8) is 0 Å². The molecule has 2 N–H and O–H groups in total. The highest BCUT2D eigenvalue weighted by atomic mass is 16.5. The Bertz CT molecular complexity index is 704. The van der Waals surface area contributed by atoms with Gasteiger partial charge in [0, 0.05) is 13.2 Å². The van der Waals surface area contributed by atoms with Crippen LogP contribution in [0.4, 0.5) is 0 Å². The monoisotopic (exact) mass is 325 g/mol. The highest BCUT2D eigenvalue weighted by Gasteiger charge is 2.42. The van der Waals surface area contributed by atoms with Gasteiger partial charge in [-0.05, 0) is 43.2 Å². The van der Waals surface area contributed by atoms with Crippen LogP contribution in [0.3, 0.4) is 0 Å². The molecule has 1 aliphatic heterocycles. The molecule has 126 valence electrons. The molecule has 1 aromatic carbocycles. The van der Waals surface area contributed by atoms with E-state index in [4.69, 9.17) is 4.74 Å². The fourth-order valence-corrected chi connectivity index (χ4v) is 4.03. The summed E-state index contributed by atoms with van der Waals surface area (Å²) in [6.45, 7) is 1.25. The molecule has 1 aromatic heterocycles. The number of nitrogens with one attached hydrogen (secondary N) is 2. The average Bonchev–Trinajstić information content (AvgIpc) is 3.13. The zero-order valence-corrected chi connectivity index (χ0v) is 13.8. The number of H-pyrrole nitrogens is 1. The number of carbonyl (C=O) groups excluding carboxylic acids is 1. The molecular weight excluding hydrogens is 302 g/mol. The average molecular weight is 325 g/mol. The molecule has 0 radical (unpaired) electrons. The smallest absolute Gasteiger partial charge is 0.231 e. The predicted molar refractivity (Wildman–Crippen MR) is 90.6 cm³/mol. The molecule has 2 aromatic rings. The summed E-state index contributed by atoms with van der Waals surface area (Å²) in [6, 6.07) is 10.2. The Hall–Kier alpha value is -2.14. The van der Waals surface area contributed by atoms with E-state index < -0.39 is 5.41 Å². The minimum atomic E-state index is -0.489. The van der Waals surface area contributed by atoms with E-state index in [1.165, 1.54) is 5.56 Å². The number of aromatic amines is 1. The van der Waals surface area contributed by atoms with Crippen LogP contribution < -0.4 is 5.32 Å². The second-order valence-corrected chi connectivity index (χ2v) is 6.79. The molecule has 0 bridgehead atoms. The van der Waals surface area contributed by atoms with Crippen LogP contribution in [0.5, 0.6) is 0 Å². The Morgan fingerprint density at radius 2 is 2.04 bits per heavy atom. The van der Waals surface area contributed by atoms with Gasteiger partial charge in [-0.1, -0.05) is 30.3 Å². The van der Waals surface area contributed by atoms with Gasteiger partial charge in [0.05, 0.1) is 23.3 Å². The molecule has 1 atom stereocenters. The molecule has 5 nitrogen and oxygen atoms in total. The second kappa shape index (κ2) is 6.40. The summed E-state index contributed by atoms with van der Waals surface area (Å²) < 4.78 is 5.53. The van der Waals surface area contributed by atoms with Gasteiger partial charge >= 0.3 is 0 Å². The van der Waals surface area contributed by atoms with Gasteiger partial charge in [-0.15, -0.1) is 0 Å². The first-order valence-electron chi connectivity index (χ1n) is 8.76. The summed E-state index contributed by atoms with van der Waals surface area (Å²) in [4.78, 5) is 13.3. The van der Waals surface area contributed by atoms with E-state index in [1.54, 1.807) is 0 Å². The van der Waals surface area contributed by atoms with Crippen LogP contribution in [-0.2, 0) is 21.4 Å². The number of rotatable bonds is 3. The van der Waals surface area contributed by atoms with Crippen LogP contribution >= 0.6 is 0 Å². The summed E-state index contributed by atoms with van der Waals surface area (Å²) in [6.07, 6.45) is 6.42. The zero-order valence-electron chi connectivity index (χ0n) is 13.8. The van der Waals surface area contributed by atoms with E-state index in [1.807, 2.05) is 24.4 Å². The number of hydrogen-bond donors (Lipinski definition) is 2. The normalized spacial score (nSPS) is 22.6. The van der Waals surface area contributed by atoms with E-state index >= 15 is 0 Å². The van der Waals surface area contributed by atoms with Gasteiger partial charge in [0.15, 0.2) is 0 Å². The van der Waals surface area contributed by atoms with Crippen molar-refractivity contribution in [1.29, 1.82) is 0 Å². The summed E-state index contributed by atoms with van der Waals surface area (Å²) in [5, 5.41) is 10.5. The Balaban J connectivity index is 1.62. The van der Waals surface area contributed by atoms with Crippen molar-refractivity contribution in [2.75, 3.05) is 13.2 Å². The van der Waals surface area contributed by atoms with E-state index in [-0.39, 0.29) is 11.9 Å². The lowest BCUT2D eigenvalue weighted by atomic mass is 9.73. The quantitative estimate of drug-likeness (QED) is 0.912. The first-order chi connectivity index (χ1) is 11.8. The fourth-order valence-electron chi connectivity index (χ4n) is 4.03. The minimum Gasteiger partial charge on any atom is -0.381 e. The molecule has 4 rings (SSSR count). The summed E-state index contributed by atoms with van der Waals surface area (Å²) >= 11 is 0. The molecule has 2 heterocycles. The lowest BCUT2D eigenvalue weighted by molar-refractivity contribution is -0.131. The minimum absolute atomic E-state index is 0.0344. The first kappa shape index (κ1) is 15.4. The number of aryl methyl sites for hydroxylation is 1. The van der Waals surface area contributed by atoms with Crippen LogP contribution in [-0.4, -0.2) is 29.3 Å². The standard InChI is InChI=1S/C19H23N3O2/c23-18(21-16-8-4-5-14-13-20-22-17(14)16)19(9-11-24-12-10-19)15-6-2-1-3-7-15/h1-3,6-7,13,16H,4-5,8-12H2,(H,20,22)(H,21,23)/t16-/m1/s1. The van der Waals surface area contributed by atoms with Crippen LogP contribution in [0.15, 0.2) is 36.5 Å². The highest BCUT2D eigenvalue weighted by Crippen LogP contribution is 2.37. The van der Waals surface area contributed by atoms with Crippen LogP contribution in [0.2, 0.25) is 0 Å². The van der Waals surface area contributed by atoms with Gasteiger partial charge in [-0.3, -0.25) is 9.89 Å². The van der Waals surface area contributed by atoms with E-state index in [9.17, 15) is 4.79 Å². The first-order valence-corrected chi connectivity index (χ1v) is 8.76. The summed E-state index contributed by atoms with van der Waals surface area (Å²) in [5.74, 6) is 0.115. The number of nitrogens with zero attached hydrogens (tertiary/aromatic N) is 1. The molecule has 1 fully saturated rings. The van der Waals surface area contributed by atoms with Gasteiger partial charge < -0.3 is 10.1 Å². The van der Waals surface area contributed by atoms with Crippen molar-refractivity contribution in [2.24, 2.45) is 0 Å². The molecule has 5 heteroatoms. The van der Waals surface area contributed by atoms with Gasteiger partial charge in [0.25, 0.3) is 0 Å². The van der Waals surface area contributed by atoms with Gasteiger partial charge in [-0.2, -0.15) is 5.10 Å². The number of ether oxygens (including phenoxy) is 1. The maximum absolute atomic E-state index is 13.3. The van der Waals surface area contributed by atoms with Gasteiger partial charge in [-0.25, -0.2) is 0 Å². The Labute approximate surface area is 141 Å². The van der Waals surface area contributed by atoms with Gasteiger partial charge in [0.2, 0.25) is 5.91 Å². The number of aromatic nitrogens is 2. The highest BCUT2D eigenvalue weighted by molar-refractivity contribution is 5.88. The number of carbonyl (C=O) groups is 1. The Morgan fingerprint density at radius 3 is 2.83 bits per heavy atom. The molecular formula is C19H23N3O2. The van der Waals surface area contributed by atoms with E-state index in [0.717, 1.165) is 43.4 Å². The lowest BCUT2D eigenvalue weighted by Crippen LogP contribution is -2.49. The molecule has 1 aliphatic carbocycles. The topological polar surface area (TPSA) is 67.0 Å². The fraction of sp³-hybridized carbons (Fsp3) is 0.474. The van der Waals surface area contributed by atoms with Crippen LogP contribution in [0, 0.1) is 0 Å². The Morgan fingerprint density at radius 1 is 1.25 bits per heavy atom. The van der Waals surface area contributed by atoms with Crippen molar-refractivity contribution in [2.45, 2.75) is 43.6 Å². The molecule has 1 amide bonds. The largest absolute Gasteiger partial charge is 0.381 e. The molecule has 0 unspecified atom stereocenters. The SMILES string of the molecule is O=C(N[C@@H]1CCCc2cn[nH]c21)C1(c2ccccc2)CCOCC1. The lowest BCUT2D eigenvalue weighted by Gasteiger charge is -2.38. The third-order valence-electron chi connectivity index (χ3n) is 5.45. The zero-order chi connectivity index (χ0) is 16.4. The summed E-state index contributed by atoms with van der Waals surface area (Å²) in [7, 11) is 0. The predicted octanol–water partition coefficient (Wildman–Crippen LogP) is 2.65. The number of hydrogen-bond acceptors (Lipinski definition) is 3. The van der Waals surface area contributed by atoms with Crippen molar-refractivity contribution in [3.8, 4) is 0 Å². The van der Waals surface area contributed by atoms with Crippen molar-refractivity contribution in [3.05, 3.63) is 53.3 Å². The van der Waals surface area contributed by atoms with Crippen molar-refractivity contribution in [1.82, 2.24) is 15.5 Å². The van der Waals surface area contributed by atoms with E-state index in [0.29, 0.717) is 13.2 Å². The van der Waals surface area contributed by atoms with Crippen LogP contribution in [0.1, 0.15) is 48.5 Å².